The number of aromatic nitrogens is 1. The number of alkyl halides is 3. The van der Waals surface area contributed by atoms with Crippen LogP contribution in [0.5, 0.6) is 0 Å². The molecule has 1 aromatic heterocycles. The highest BCUT2D eigenvalue weighted by atomic mass is 19.4. The van der Waals surface area contributed by atoms with Crippen LogP contribution < -0.4 is 10.6 Å². The van der Waals surface area contributed by atoms with E-state index in [4.69, 9.17) is 5.26 Å². The summed E-state index contributed by atoms with van der Waals surface area (Å²) >= 11 is 0. The first-order valence-corrected chi connectivity index (χ1v) is 9.35. The number of rotatable bonds is 4. The summed E-state index contributed by atoms with van der Waals surface area (Å²) in [6.45, 7) is 0. The number of Topliss-reactive ketones (excluding diaryl/α,β-unsaturated/α-hetero) is 2. The molecule has 1 atom stereocenters. The van der Waals surface area contributed by atoms with Crippen molar-refractivity contribution in [2.75, 3.05) is 5.32 Å². The van der Waals surface area contributed by atoms with Gasteiger partial charge in [0.05, 0.1) is 11.6 Å². The van der Waals surface area contributed by atoms with Gasteiger partial charge in [-0.2, -0.15) is 18.4 Å². The maximum Gasteiger partial charge on any atom is 0.416 e. The summed E-state index contributed by atoms with van der Waals surface area (Å²) in [6, 6.07) is 6.80. The fourth-order valence-corrected chi connectivity index (χ4v) is 3.40. The van der Waals surface area contributed by atoms with Crippen LogP contribution in [0.4, 0.5) is 23.7 Å². The van der Waals surface area contributed by atoms with E-state index in [-0.39, 0.29) is 35.8 Å². The number of nitrogens with one attached hydrogen (secondary N) is 2. The predicted molar refractivity (Wildman–Crippen MR) is 103 cm³/mol. The van der Waals surface area contributed by atoms with Crippen molar-refractivity contribution in [1.29, 1.82) is 5.26 Å². The van der Waals surface area contributed by atoms with E-state index in [2.05, 4.69) is 15.6 Å². The monoisotopic (exact) mass is 430 g/mol. The third kappa shape index (κ3) is 5.25. The van der Waals surface area contributed by atoms with E-state index < -0.39 is 29.7 Å². The smallest absolute Gasteiger partial charge is 0.330 e. The van der Waals surface area contributed by atoms with Crippen LogP contribution in [0, 0.1) is 17.2 Å². The van der Waals surface area contributed by atoms with Crippen molar-refractivity contribution in [2.45, 2.75) is 31.5 Å². The molecule has 160 valence electrons. The van der Waals surface area contributed by atoms with Crippen molar-refractivity contribution in [3.8, 4) is 6.07 Å². The topological polar surface area (TPSA) is 112 Å². The van der Waals surface area contributed by atoms with Gasteiger partial charge in [-0.1, -0.05) is 12.1 Å². The Morgan fingerprint density at radius 3 is 2.45 bits per heavy atom. The number of nitrogens with zero attached hydrogens (tertiary/aromatic N) is 2. The van der Waals surface area contributed by atoms with E-state index in [0.717, 1.165) is 18.2 Å². The van der Waals surface area contributed by atoms with Gasteiger partial charge in [0.1, 0.15) is 29.2 Å². The minimum absolute atomic E-state index is 0.106. The Bertz CT molecular complexity index is 1030. The number of amides is 2. The Kier molecular flexibility index (Phi) is 6.34. The van der Waals surface area contributed by atoms with Crippen LogP contribution in [0.3, 0.4) is 0 Å². The van der Waals surface area contributed by atoms with Crippen molar-refractivity contribution >= 4 is 23.3 Å². The van der Waals surface area contributed by atoms with Crippen LogP contribution in [0.15, 0.2) is 42.6 Å². The number of anilines is 1. The minimum Gasteiger partial charge on any atom is -0.330 e. The van der Waals surface area contributed by atoms with Gasteiger partial charge in [0.15, 0.2) is 0 Å². The van der Waals surface area contributed by atoms with Gasteiger partial charge in [-0.05, 0) is 36.2 Å². The third-order valence-electron chi connectivity index (χ3n) is 4.87. The Hall–Kier alpha value is -3.74. The second-order valence-corrected chi connectivity index (χ2v) is 7.01. The maximum atomic E-state index is 12.9. The maximum absolute atomic E-state index is 12.9. The largest absolute Gasteiger partial charge is 0.416 e. The summed E-state index contributed by atoms with van der Waals surface area (Å²) in [7, 11) is 0. The molecule has 1 aliphatic rings. The second kappa shape index (κ2) is 8.95. The molecule has 0 saturated heterocycles. The van der Waals surface area contributed by atoms with Gasteiger partial charge in [0.2, 0.25) is 0 Å². The number of hydrogen-bond acceptors (Lipinski definition) is 5. The Morgan fingerprint density at radius 1 is 1.16 bits per heavy atom. The highest BCUT2D eigenvalue weighted by Gasteiger charge is 2.38. The number of benzene rings is 1. The van der Waals surface area contributed by atoms with Gasteiger partial charge < -0.3 is 10.6 Å². The number of urea groups is 1. The molecule has 1 aliphatic carbocycles. The quantitative estimate of drug-likeness (QED) is 0.717. The molecule has 1 fully saturated rings. The second-order valence-electron chi connectivity index (χ2n) is 7.01. The molecule has 0 spiro atoms. The summed E-state index contributed by atoms with van der Waals surface area (Å²) < 4.78 is 38.7. The van der Waals surface area contributed by atoms with E-state index in [1.54, 1.807) is 0 Å². The molecule has 31 heavy (non-hydrogen) atoms. The number of carbonyl (C=O) groups is 3. The average molecular weight is 430 g/mol. The van der Waals surface area contributed by atoms with Crippen molar-refractivity contribution in [3.63, 3.8) is 0 Å². The average Bonchev–Trinajstić information content (AvgIpc) is 2.72. The first-order chi connectivity index (χ1) is 14.7. The third-order valence-corrected chi connectivity index (χ3v) is 4.87. The van der Waals surface area contributed by atoms with E-state index in [9.17, 15) is 27.6 Å². The van der Waals surface area contributed by atoms with Crippen molar-refractivity contribution in [3.05, 3.63) is 59.4 Å². The highest BCUT2D eigenvalue weighted by Crippen LogP contribution is 2.32. The Morgan fingerprint density at radius 2 is 1.87 bits per heavy atom. The van der Waals surface area contributed by atoms with Gasteiger partial charge in [0.25, 0.3) is 0 Å². The SMILES string of the molecule is N#Cc1ccc(C(NC(=O)Nc2cccc(C(F)(F)F)c2)C2C(=O)CCCC2=O)cn1. The predicted octanol–water partition coefficient (Wildman–Crippen LogP) is 3.77. The van der Waals surface area contributed by atoms with E-state index in [1.807, 2.05) is 6.07 Å². The van der Waals surface area contributed by atoms with Crippen LogP contribution in [-0.2, 0) is 15.8 Å². The molecular formula is C21H17F3N4O3. The van der Waals surface area contributed by atoms with Crippen LogP contribution in [0.1, 0.15) is 42.1 Å². The van der Waals surface area contributed by atoms with Crippen LogP contribution in [-0.4, -0.2) is 22.6 Å². The van der Waals surface area contributed by atoms with Gasteiger partial charge in [-0.3, -0.25) is 9.59 Å². The van der Waals surface area contributed by atoms with Gasteiger partial charge >= 0.3 is 12.2 Å². The van der Waals surface area contributed by atoms with Crippen LogP contribution in [0.25, 0.3) is 0 Å². The number of pyridine rings is 1. The van der Waals surface area contributed by atoms with Gasteiger partial charge in [-0.15, -0.1) is 0 Å². The van der Waals surface area contributed by atoms with Crippen LogP contribution in [0.2, 0.25) is 0 Å². The lowest BCUT2D eigenvalue weighted by molar-refractivity contribution is -0.138. The summed E-state index contributed by atoms with van der Waals surface area (Å²) in [4.78, 5) is 41.3. The Labute approximate surface area is 175 Å². The summed E-state index contributed by atoms with van der Waals surface area (Å²) in [5.74, 6) is -1.83. The number of carbonyl (C=O) groups excluding carboxylic acids is 3. The zero-order chi connectivity index (χ0) is 22.6. The molecule has 10 heteroatoms. The zero-order valence-corrected chi connectivity index (χ0v) is 16.1. The number of hydrogen-bond donors (Lipinski definition) is 2. The van der Waals surface area contributed by atoms with E-state index in [0.29, 0.717) is 12.0 Å². The normalized spacial score (nSPS) is 15.8. The summed E-state index contributed by atoms with van der Waals surface area (Å²) in [6.07, 6.45) is -2.53. The minimum atomic E-state index is -4.58. The lowest BCUT2D eigenvalue weighted by Crippen LogP contribution is -2.43. The zero-order valence-electron chi connectivity index (χ0n) is 16.1. The van der Waals surface area contributed by atoms with Crippen molar-refractivity contribution in [1.82, 2.24) is 10.3 Å². The standard InChI is InChI=1S/C21H17F3N4O3/c22-21(23,24)13-3-1-4-14(9-13)27-20(31)28-19(12-7-8-15(10-25)26-11-12)18-16(29)5-2-6-17(18)30/h1,3-4,7-9,11,18-19H,2,5-6H2,(H2,27,28,31). The molecule has 0 radical (unpaired) electrons. The molecule has 1 unspecified atom stereocenters. The molecule has 3 rings (SSSR count). The molecule has 0 aliphatic heterocycles. The summed E-state index contributed by atoms with van der Waals surface area (Å²) in [5.41, 5.74) is -0.606. The molecule has 1 aromatic carbocycles. The van der Waals surface area contributed by atoms with Gasteiger partial charge in [0, 0.05) is 24.7 Å². The van der Waals surface area contributed by atoms with E-state index >= 15 is 0 Å². The first kappa shape index (κ1) is 22.0. The Balaban J connectivity index is 1.86. The lowest BCUT2D eigenvalue weighted by atomic mass is 9.79. The van der Waals surface area contributed by atoms with Crippen LogP contribution >= 0.6 is 0 Å². The fraction of sp³-hybridized carbons (Fsp3) is 0.286. The fourth-order valence-electron chi connectivity index (χ4n) is 3.40. The van der Waals surface area contributed by atoms with Crippen molar-refractivity contribution in [2.24, 2.45) is 5.92 Å². The van der Waals surface area contributed by atoms with E-state index in [1.165, 1.54) is 24.4 Å². The summed E-state index contributed by atoms with van der Waals surface area (Å²) in [5, 5.41) is 13.7. The molecule has 2 amide bonds. The molecular weight excluding hydrogens is 413 g/mol. The molecule has 2 N–H and O–H groups in total. The molecule has 7 nitrogen and oxygen atoms in total. The number of halogens is 3. The number of ketones is 2. The highest BCUT2D eigenvalue weighted by molar-refractivity contribution is 6.05. The van der Waals surface area contributed by atoms with Gasteiger partial charge in [-0.25, -0.2) is 9.78 Å². The molecule has 1 heterocycles. The molecule has 1 saturated carbocycles. The number of nitriles is 1. The lowest BCUT2D eigenvalue weighted by Gasteiger charge is -2.29. The molecule has 2 aromatic rings. The first-order valence-electron chi connectivity index (χ1n) is 9.35. The van der Waals surface area contributed by atoms with Crippen molar-refractivity contribution < 1.29 is 27.6 Å². The molecule has 0 bridgehead atoms.